The summed E-state index contributed by atoms with van der Waals surface area (Å²) in [4.78, 5) is 9.30. The fourth-order valence-corrected chi connectivity index (χ4v) is 5.34. The fraction of sp³-hybridized carbons (Fsp3) is 0.300. The molecule has 0 unspecified atom stereocenters. The molecule has 12 heteroatoms. The van der Waals surface area contributed by atoms with Gasteiger partial charge >= 0.3 is 12.0 Å². The van der Waals surface area contributed by atoms with Crippen molar-refractivity contribution in [3.8, 4) is 11.1 Å². The second kappa shape index (κ2) is 18.0. The summed E-state index contributed by atoms with van der Waals surface area (Å²) in [6.07, 6.45) is 7.58. The topological polar surface area (TPSA) is 154 Å². The van der Waals surface area contributed by atoms with Crippen LogP contribution in [0.3, 0.4) is 0 Å². The standard InChI is InChI=1S/C40H46N8O4/c1-3-5-21-49-23-19-47(39-45-35-11-7-9-13-37(35)51-39)43-27-31-25-29(15-17-33(31)41)30-16-18-34(42)32(26-30)28-44-48(20-24-50-22-6-4-2)40-46-36-12-8-10-14-38(36)52-40/h7-18,25-28H,3-6,19-24,41-42H2,1-2H3/b43-27+,44-28+. The van der Waals surface area contributed by atoms with Crippen molar-refractivity contribution in [1.82, 2.24) is 9.97 Å². The lowest BCUT2D eigenvalue weighted by Gasteiger charge is -2.15. The first-order chi connectivity index (χ1) is 25.5. The fourth-order valence-electron chi connectivity index (χ4n) is 5.34. The smallest absolute Gasteiger partial charge is 0.319 e. The summed E-state index contributed by atoms with van der Waals surface area (Å²) in [5, 5.41) is 12.9. The second-order valence-corrected chi connectivity index (χ2v) is 12.3. The first kappa shape index (κ1) is 36.1. The lowest BCUT2D eigenvalue weighted by molar-refractivity contribution is 0.136. The van der Waals surface area contributed by atoms with E-state index in [-0.39, 0.29) is 0 Å². The molecule has 12 nitrogen and oxygen atoms in total. The molecule has 0 radical (unpaired) electrons. The maximum Gasteiger partial charge on any atom is 0.319 e. The molecular formula is C40H46N8O4. The average Bonchev–Trinajstić information content (AvgIpc) is 3.80. The number of oxazole rings is 2. The SMILES string of the molecule is CCCCOCCN(/N=C/c1cc(-c2ccc(N)c(/C=N/N(CCOCCCC)c3nc4ccccc4o3)c2)ccc1N)c1nc2ccccc2o1. The quantitative estimate of drug-likeness (QED) is 0.0366. The lowest BCUT2D eigenvalue weighted by Crippen LogP contribution is -2.22. The van der Waals surface area contributed by atoms with E-state index in [2.05, 4.69) is 23.8 Å². The Balaban J connectivity index is 1.23. The second-order valence-electron chi connectivity index (χ2n) is 12.3. The Morgan fingerprint density at radius 3 is 1.48 bits per heavy atom. The highest BCUT2D eigenvalue weighted by molar-refractivity contribution is 5.92. The van der Waals surface area contributed by atoms with Gasteiger partial charge in [0, 0.05) is 35.7 Å². The van der Waals surface area contributed by atoms with Crippen LogP contribution in [0, 0.1) is 0 Å². The van der Waals surface area contributed by atoms with Crippen LogP contribution in [0.2, 0.25) is 0 Å². The molecular weight excluding hydrogens is 656 g/mol. The van der Waals surface area contributed by atoms with E-state index in [4.69, 9.17) is 40.0 Å². The van der Waals surface area contributed by atoms with E-state index in [9.17, 15) is 0 Å². The zero-order valence-electron chi connectivity index (χ0n) is 29.8. The summed E-state index contributed by atoms with van der Waals surface area (Å²) in [5.41, 5.74) is 20.3. The molecule has 0 saturated carbocycles. The molecule has 0 aliphatic rings. The number of ether oxygens (including phenoxy) is 2. The summed E-state index contributed by atoms with van der Waals surface area (Å²) < 4.78 is 23.7. The molecule has 0 bridgehead atoms. The highest BCUT2D eigenvalue weighted by Crippen LogP contribution is 2.28. The number of unbranched alkanes of at least 4 members (excludes halogenated alkanes) is 2. The minimum Gasteiger partial charge on any atom is -0.422 e. The molecule has 4 N–H and O–H groups in total. The molecule has 6 aromatic rings. The number of hydrazone groups is 2. The molecule has 6 rings (SSSR count). The predicted octanol–water partition coefficient (Wildman–Crippen LogP) is 8.11. The van der Waals surface area contributed by atoms with E-state index >= 15 is 0 Å². The number of para-hydroxylation sites is 4. The van der Waals surface area contributed by atoms with Crippen molar-refractivity contribution >= 4 is 58.0 Å². The van der Waals surface area contributed by atoms with E-state index in [0.29, 0.717) is 74.1 Å². The highest BCUT2D eigenvalue weighted by Gasteiger charge is 2.15. The first-order valence-electron chi connectivity index (χ1n) is 17.8. The summed E-state index contributed by atoms with van der Waals surface area (Å²) >= 11 is 0. The molecule has 2 aromatic heterocycles. The number of hydrogen-bond donors (Lipinski definition) is 2. The van der Waals surface area contributed by atoms with Gasteiger partial charge in [0.15, 0.2) is 11.2 Å². The minimum atomic E-state index is 0.383. The average molecular weight is 703 g/mol. The molecule has 270 valence electrons. The summed E-state index contributed by atoms with van der Waals surface area (Å²) in [6, 6.07) is 27.7. The van der Waals surface area contributed by atoms with Crippen molar-refractivity contribution in [3.05, 3.63) is 96.1 Å². The third-order valence-corrected chi connectivity index (χ3v) is 8.37. The summed E-state index contributed by atoms with van der Waals surface area (Å²) in [5.74, 6) is 0. The van der Waals surface area contributed by atoms with Crippen LogP contribution in [0.4, 0.5) is 23.4 Å². The Morgan fingerprint density at radius 1 is 0.615 bits per heavy atom. The molecule has 52 heavy (non-hydrogen) atoms. The predicted molar refractivity (Wildman–Crippen MR) is 210 cm³/mol. The van der Waals surface area contributed by atoms with Crippen LogP contribution < -0.4 is 21.5 Å². The van der Waals surface area contributed by atoms with Gasteiger partial charge in [-0.2, -0.15) is 20.2 Å². The van der Waals surface area contributed by atoms with Crippen molar-refractivity contribution in [2.45, 2.75) is 39.5 Å². The Labute approximate surface area is 303 Å². The van der Waals surface area contributed by atoms with Gasteiger partial charge in [0.1, 0.15) is 11.0 Å². The third-order valence-electron chi connectivity index (χ3n) is 8.37. The number of nitrogens with zero attached hydrogens (tertiary/aromatic N) is 6. The number of aromatic nitrogens is 2. The Morgan fingerprint density at radius 2 is 1.06 bits per heavy atom. The molecule has 0 amide bonds. The number of hydrogen-bond acceptors (Lipinski definition) is 12. The van der Waals surface area contributed by atoms with Crippen LogP contribution >= 0.6 is 0 Å². The Kier molecular flexibility index (Phi) is 12.5. The van der Waals surface area contributed by atoms with Gasteiger partial charge in [0.2, 0.25) is 0 Å². The monoisotopic (exact) mass is 702 g/mol. The zero-order chi connectivity index (χ0) is 36.1. The molecule has 0 aliphatic heterocycles. The molecule has 2 heterocycles. The Bertz CT molecular complexity index is 1890. The van der Waals surface area contributed by atoms with Gasteiger partial charge in [-0.25, -0.2) is 10.0 Å². The van der Waals surface area contributed by atoms with Crippen molar-refractivity contribution in [1.29, 1.82) is 0 Å². The van der Waals surface area contributed by atoms with Gasteiger partial charge in [-0.05, 0) is 72.5 Å². The number of nitrogens with two attached hydrogens (primary N) is 2. The Hall–Kier alpha value is -5.72. The van der Waals surface area contributed by atoms with Crippen LogP contribution in [-0.2, 0) is 9.47 Å². The molecule has 0 atom stereocenters. The summed E-state index contributed by atoms with van der Waals surface area (Å²) in [6.45, 7) is 7.50. The van der Waals surface area contributed by atoms with Gasteiger partial charge in [-0.15, -0.1) is 0 Å². The van der Waals surface area contributed by atoms with Gasteiger partial charge in [0.05, 0.1) is 38.7 Å². The maximum absolute atomic E-state index is 6.45. The van der Waals surface area contributed by atoms with Gasteiger partial charge in [-0.3, -0.25) is 0 Å². The van der Waals surface area contributed by atoms with E-state index in [1.807, 2.05) is 84.9 Å². The van der Waals surface area contributed by atoms with Crippen LogP contribution in [0.25, 0.3) is 33.3 Å². The summed E-state index contributed by atoms with van der Waals surface area (Å²) in [7, 11) is 0. The number of anilines is 4. The van der Waals surface area contributed by atoms with E-state index in [1.54, 1.807) is 22.4 Å². The number of benzene rings is 4. The highest BCUT2D eigenvalue weighted by atomic mass is 16.5. The molecule has 0 saturated heterocycles. The third kappa shape index (κ3) is 9.33. The lowest BCUT2D eigenvalue weighted by atomic mass is 10.00. The van der Waals surface area contributed by atoms with Crippen molar-refractivity contribution in [2.24, 2.45) is 10.2 Å². The van der Waals surface area contributed by atoms with E-state index in [0.717, 1.165) is 59.0 Å². The van der Waals surface area contributed by atoms with Crippen LogP contribution in [0.5, 0.6) is 0 Å². The van der Waals surface area contributed by atoms with Gasteiger partial charge in [-0.1, -0.05) is 63.1 Å². The van der Waals surface area contributed by atoms with Crippen molar-refractivity contribution in [2.75, 3.05) is 61.0 Å². The zero-order valence-corrected chi connectivity index (χ0v) is 29.8. The number of rotatable bonds is 19. The largest absolute Gasteiger partial charge is 0.422 e. The molecule has 0 fully saturated rings. The van der Waals surface area contributed by atoms with Crippen LogP contribution in [0.1, 0.15) is 50.7 Å². The number of nitrogen functional groups attached to an aromatic ring is 2. The molecule has 0 spiro atoms. The molecule has 4 aromatic carbocycles. The normalized spacial score (nSPS) is 11.8. The maximum atomic E-state index is 6.45. The van der Waals surface area contributed by atoms with Crippen LogP contribution in [0.15, 0.2) is 104 Å². The first-order valence-corrected chi connectivity index (χ1v) is 17.8. The number of fused-ring (bicyclic) bond motifs is 2. The van der Waals surface area contributed by atoms with Crippen molar-refractivity contribution < 1.29 is 18.3 Å². The van der Waals surface area contributed by atoms with E-state index < -0.39 is 0 Å². The van der Waals surface area contributed by atoms with E-state index in [1.165, 1.54) is 0 Å². The van der Waals surface area contributed by atoms with Crippen LogP contribution in [-0.4, -0.2) is 61.9 Å². The minimum absolute atomic E-state index is 0.383. The van der Waals surface area contributed by atoms with Gasteiger partial charge in [0.25, 0.3) is 0 Å². The molecule has 0 aliphatic carbocycles. The van der Waals surface area contributed by atoms with Crippen molar-refractivity contribution in [3.63, 3.8) is 0 Å². The van der Waals surface area contributed by atoms with Gasteiger partial charge < -0.3 is 29.8 Å².